The van der Waals surface area contributed by atoms with Crippen molar-refractivity contribution in [2.45, 2.75) is 63.6 Å². The number of nitrogens with one attached hydrogen (secondary N) is 1. The molecule has 1 aliphatic carbocycles. The van der Waals surface area contributed by atoms with E-state index in [1.165, 1.54) is 0 Å². The first kappa shape index (κ1) is 21.2. The predicted molar refractivity (Wildman–Crippen MR) is 96.9 cm³/mol. The Morgan fingerprint density at radius 3 is 2.41 bits per heavy atom. The molecule has 6 nitrogen and oxygen atoms in total. The number of halogens is 4. The van der Waals surface area contributed by atoms with Gasteiger partial charge in [0.2, 0.25) is 5.91 Å². The molecule has 1 amide bonds. The number of aliphatic hydroxyl groups is 1. The minimum Gasteiger partial charge on any atom is -0.390 e. The van der Waals surface area contributed by atoms with Crippen molar-refractivity contribution in [3.05, 3.63) is 39.8 Å². The van der Waals surface area contributed by atoms with Gasteiger partial charge in [-0.2, -0.15) is 18.3 Å². The Bertz CT molecular complexity index is 1010. The Balaban J connectivity index is 1.99. The van der Waals surface area contributed by atoms with Crippen LogP contribution in [0.4, 0.5) is 17.6 Å². The number of alkyl halides is 4. The number of carbonyl (C=O) groups excluding carboxylic acids is 1. The number of benzene rings is 1. The van der Waals surface area contributed by atoms with E-state index in [2.05, 4.69) is 10.4 Å². The minimum absolute atomic E-state index is 0.159. The number of nitrogens with zero attached hydrogens (tertiary/aromatic N) is 2. The summed E-state index contributed by atoms with van der Waals surface area (Å²) in [5.41, 5.74) is -5.18. The van der Waals surface area contributed by atoms with Crippen LogP contribution in [-0.2, 0) is 23.2 Å². The maximum absolute atomic E-state index is 14.7. The fourth-order valence-electron chi connectivity index (χ4n) is 3.52. The quantitative estimate of drug-likeness (QED) is 0.752. The van der Waals surface area contributed by atoms with Gasteiger partial charge in [0.05, 0.1) is 16.6 Å². The van der Waals surface area contributed by atoms with Gasteiger partial charge in [-0.3, -0.25) is 9.59 Å². The molecule has 0 bridgehead atoms. The number of hydrogen-bond acceptors (Lipinski definition) is 4. The van der Waals surface area contributed by atoms with Gasteiger partial charge in [0.1, 0.15) is 17.9 Å². The average Bonchev–Trinajstić information content (AvgIpc) is 2.53. The molecule has 0 saturated heterocycles. The maximum atomic E-state index is 14.7. The normalized spacial score (nSPS) is 22.4. The highest BCUT2D eigenvalue weighted by Crippen LogP contribution is 2.34. The molecule has 1 fully saturated rings. The molecule has 10 heteroatoms. The van der Waals surface area contributed by atoms with Crippen molar-refractivity contribution in [3.63, 3.8) is 0 Å². The van der Waals surface area contributed by atoms with Crippen LogP contribution in [0.1, 0.15) is 44.9 Å². The van der Waals surface area contributed by atoms with Crippen LogP contribution < -0.4 is 10.9 Å². The molecule has 0 spiro atoms. The van der Waals surface area contributed by atoms with E-state index in [4.69, 9.17) is 0 Å². The van der Waals surface area contributed by atoms with Crippen LogP contribution >= 0.6 is 0 Å². The summed E-state index contributed by atoms with van der Waals surface area (Å²) in [6, 6.07) is 2.15. The molecule has 1 aliphatic rings. The number of hydrogen-bond donors (Lipinski definition) is 2. The number of fused-ring (bicyclic) bond motifs is 1. The van der Waals surface area contributed by atoms with Gasteiger partial charge in [0.25, 0.3) is 5.56 Å². The summed E-state index contributed by atoms with van der Waals surface area (Å²) < 4.78 is 54.6. The average molecular weight is 415 g/mol. The standard InChI is InChI=1S/C19H21F4N3O3/c1-17(2,20)15-13-6-10(19(21,22)23)4-5-12(13)16(28)26(25-15)9-14(27)24-11-7-18(3,29)8-11/h4-6,11,29H,7-9H2,1-3H3,(H,24,27). The van der Waals surface area contributed by atoms with Crippen LogP contribution in [0.5, 0.6) is 0 Å². The molecule has 1 saturated carbocycles. The summed E-state index contributed by atoms with van der Waals surface area (Å²) in [5.74, 6) is -0.561. The molecule has 2 aromatic rings. The van der Waals surface area contributed by atoms with Gasteiger partial charge in [-0.15, -0.1) is 0 Å². The van der Waals surface area contributed by atoms with Crippen molar-refractivity contribution in [1.29, 1.82) is 0 Å². The van der Waals surface area contributed by atoms with Gasteiger partial charge >= 0.3 is 6.18 Å². The lowest BCUT2D eigenvalue weighted by Crippen LogP contribution is -2.54. The van der Waals surface area contributed by atoms with Crippen molar-refractivity contribution >= 4 is 16.7 Å². The molecule has 1 aromatic heterocycles. The number of carbonyl (C=O) groups is 1. The Labute approximate surface area is 163 Å². The fourth-order valence-corrected chi connectivity index (χ4v) is 3.52. The van der Waals surface area contributed by atoms with Crippen LogP contribution in [0, 0.1) is 0 Å². The van der Waals surface area contributed by atoms with Crippen molar-refractivity contribution in [2.24, 2.45) is 0 Å². The monoisotopic (exact) mass is 415 g/mol. The molecule has 1 aromatic carbocycles. The molecule has 0 atom stereocenters. The van der Waals surface area contributed by atoms with E-state index < -0.39 is 41.0 Å². The molecule has 0 unspecified atom stereocenters. The first-order valence-corrected chi connectivity index (χ1v) is 9.01. The summed E-state index contributed by atoms with van der Waals surface area (Å²) in [5, 5.41) is 15.8. The fraction of sp³-hybridized carbons (Fsp3) is 0.526. The van der Waals surface area contributed by atoms with Crippen molar-refractivity contribution in [3.8, 4) is 0 Å². The smallest absolute Gasteiger partial charge is 0.390 e. The topological polar surface area (TPSA) is 84.2 Å². The molecule has 2 N–H and O–H groups in total. The highest BCUT2D eigenvalue weighted by Gasteiger charge is 2.39. The van der Waals surface area contributed by atoms with Gasteiger partial charge in [0, 0.05) is 11.4 Å². The second-order valence-electron chi connectivity index (χ2n) is 8.21. The molecule has 0 radical (unpaired) electrons. The number of aromatic nitrogens is 2. The van der Waals surface area contributed by atoms with Gasteiger partial charge in [0.15, 0.2) is 0 Å². The zero-order valence-corrected chi connectivity index (χ0v) is 16.1. The zero-order valence-electron chi connectivity index (χ0n) is 16.1. The first-order valence-electron chi connectivity index (χ1n) is 9.01. The molecule has 3 rings (SSSR count). The Hall–Kier alpha value is -2.49. The molecule has 158 valence electrons. The zero-order chi connectivity index (χ0) is 21.8. The van der Waals surface area contributed by atoms with Crippen molar-refractivity contribution in [1.82, 2.24) is 15.1 Å². The van der Waals surface area contributed by atoms with Crippen LogP contribution in [0.3, 0.4) is 0 Å². The van der Waals surface area contributed by atoms with Crippen molar-refractivity contribution in [2.75, 3.05) is 0 Å². The highest BCUT2D eigenvalue weighted by molar-refractivity contribution is 5.85. The van der Waals surface area contributed by atoms with E-state index in [-0.39, 0.29) is 22.5 Å². The van der Waals surface area contributed by atoms with Gasteiger partial charge in [-0.25, -0.2) is 9.07 Å². The van der Waals surface area contributed by atoms with E-state index in [1.807, 2.05) is 0 Å². The Morgan fingerprint density at radius 1 is 1.28 bits per heavy atom. The van der Waals surface area contributed by atoms with Crippen LogP contribution in [0.15, 0.2) is 23.0 Å². The summed E-state index contributed by atoms with van der Waals surface area (Å²) in [4.78, 5) is 24.9. The van der Waals surface area contributed by atoms with Crippen LogP contribution in [0.2, 0.25) is 0 Å². The summed E-state index contributed by atoms with van der Waals surface area (Å²) >= 11 is 0. The second-order valence-corrected chi connectivity index (χ2v) is 8.21. The molecule has 29 heavy (non-hydrogen) atoms. The number of amides is 1. The third-order valence-electron chi connectivity index (χ3n) is 4.88. The van der Waals surface area contributed by atoms with E-state index in [0.717, 1.165) is 30.7 Å². The highest BCUT2D eigenvalue weighted by atomic mass is 19.4. The van der Waals surface area contributed by atoms with Gasteiger partial charge in [-0.1, -0.05) is 0 Å². The van der Waals surface area contributed by atoms with Gasteiger partial charge in [-0.05, 0) is 51.8 Å². The molecular weight excluding hydrogens is 394 g/mol. The predicted octanol–water partition coefficient (Wildman–Crippen LogP) is 2.65. The van der Waals surface area contributed by atoms with E-state index in [9.17, 15) is 32.3 Å². The summed E-state index contributed by atoms with van der Waals surface area (Å²) in [6.07, 6.45) is -3.94. The van der Waals surface area contributed by atoms with Crippen molar-refractivity contribution < 1.29 is 27.5 Å². The Kier molecular flexibility index (Phi) is 4.97. The SMILES string of the molecule is CC1(O)CC(NC(=O)Cn2nc(C(C)(C)F)c3cc(C(F)(F)F)ccc3c2=O)C1. The van der Waals surface area contributed by atoms with E-state index >= 15 is 0 Å². The third kappa shape index (κ3) is 4.42. The first-order chi connectivity index (χ1) is 13.2. The lowest BCUT2D eigenvalue weighted by Gasteiger charge is -2.41. The number of rotatable bonds is 4. The van der Waals surface area contributed by atoms with E-state index in [1.54, 1.807) is 6.92 Å². The van der Waals surface area contributed by atoms with Crippen LogP contribution in [0.25, 0.3) is 10.8 Å². The lowest BCUT2D eigenvalue weighted by molar-refractivity contribution is -0.137. The van der Waals surface area contributed by atoms with Gasteiger partial charge < -0.3 is 10.4 Å². The molecular formula is C19H21F4N3O3. The maximum Gasteiger partial charge on any atom is 0.416 e. The molecule has 0 aliphatic heterocycles. The Morgan fingerprint density at radius 2 is 1.90 bits per heavy atom. The van der Waals surface area contributed by atoms with Crippen LogP contribution in [-0.4, -0.2) is 32.4 Å². The largest absolute Gasteiger partial charge is 0.416 e. The lowest BCUT2D eigenvalue weighted by atomic mass is 9.77. The minimum atomic E-state index is -4.66. The second kappa shape index (κ2) is 6.79. The summed E-state index contributed by atoms with van der Waals surface area (Å²) in [7, 11) is 0. The van der Waals surface area contributed by atoms with E-state index in [0.29, 0.717) is 18.9 Å². The third-order valence-corrected chi connectivity index (χ3v) is 4.88. The summed E-state index contributed by atoms with van der Waals surface area (Å²) in [6.45, 7) is 3.34. The molecule has 1 heterocycles.